The first kappa shape index (κ1) is 23.4. The number of rotatable bonds is 8. The third-order valence-electron chi connectivity index (χ3n) is 6.24. The van der Waals surface area contributed by atoms with Gasteiger partial charge in [-0.05, 0) is 56.4 Å². The number of halogens is 1. The van der Waals surface area contributed by atoms with E-state index in [1.165, 1.54) is 6.42 Å². The topological polar surface area (TPSA) is 23.6 Å². The van der Waals surface area contributed by atoms with Crippen LogP contribution in [-0.4, -0.2) is 48.4 Å². The standard InChI is InChI=1S/C25H34N2O.ClH/c1-3-26(4-2)21-18-25(22-14-8-5-9-15-22,23-16-10-6-11-17-23)24(28)27-19-12-7-13-20-27;/h5-6,8-11,14-17H,3-4,7,12-13,18-21H2,1-2H3;1H. The van der Waals surface area contributed by atoms with Gasteiger partial charge in [-0.25, -0.2) is 0 Å². The van der Waals surface area contributed by atoms with Crippen LogP contribution in [0.1, 0.15) is 50.7 Å². The average Bonchev–Trinajstić information content (AvgIpc) is 2.78. The van der Waals surface area contributed by atoms with E-state index in [-0.39, 0.29) is 18.3 Å². The fourth-order valence-corrected chi connectivity index (χ4v) is 4.49. The van der Waals surface area contributed by atoms with E-state index >= 15 is 0 Å². The molecule has 1 amide bonds. The van der Waals surface area contributed by atoms with Gasteiger partial charge in [0.05, 0.1) is 0 Å². The molecule has 1 heterocycles. The van der Waals surface area contributed by atoms with Gasteiger partial charge in [0.2, 0.25) is 5.91 Å². The van der Waals surface area contributed by atoms with Gasteiger partial charge in [0, 0.05) is 13.1 Å². The summed E-state index contributed by atoms with van der Waals surface area (Å²) in [6.07, 6.45) is 4.26. The molecule has 1 fully saturated rings. The molecular weight excluding hydrogens is 380 g/mol. The Bertz CT molecular complexity index is 686. The van der Waals surface area contributed by atoms with Gasteiger partial charge in [0.1, 0.15) is 5.41 Å². The van der Waals surface area contributed by atoms with E-state index in [0.29, 0.717) is 0 Å². The predicted molar refractivity (Wildman–Crippen MR) is 124 cm³/mol. The molecule has 0 atom stereocenters. The first-order valence-corrected chi connectivity index (χ1v) is 10.8. The fourth-order valence-electron chi connectivity index (χ4n) is 4.49. The van der Waals surface area contributed by atoms with Gasteiger partial charge in [-0.3, -0.25) is 4.79 Å². The van der Waals surface area contributed by atoms with Crippen molar-refractivity contribution >= 4 is 18.3 Å². The number of benzene rings is 2. The van der Waals surface area contributed by atoms with Gasteiger partial charge in [0.15, 0.2) is 0 Å². The maximum atomic E-state index is 14.1. The molecule has 158 valence electrons. The summed E-state index contributed by atoms with van der Waals surface area (Å²) in [5.41, 5.74) is 1.61. The first-order valence-electron chi connectivity index (χ1n) is 10.8. The highest BCUT2D eigenvalue weighted by molar-refractivity contribution is 5.92. The molecule has 0 spiro atoms. The number of piperidine rings is 1. The Hall–Kier alpha value is -1.84. The molecule has 3 nitrogen and oxygen atoms in total. The van der Waals surface area contributed by atoms with Crippen LogP contribution in [0.25, 0.3) is 0 Å². The summed E-state index contributed by atoms with van der Waals surface area (Å²) >= 11 is 0. The Labute approximate surface area is 182 Å². The molecule has 4 heteroatoms. The monoisotopic (exact) mass is 414 g/mol. The van der Waals surface area contributed by atoms with Crippen LogP contribution in [0.3, 0.4) is 0 Å². The van der Waals surface area contributed by atoms with Crippen molar-refractivity contribution in [2.45, 2.75) is 44.9 Å². The van der Waals surface area contributed by atoms with E-state index in [9.17, 15) is 4.79 Å². The van der Waals surface area contributed by atoms with Crippen molar-refractivity contribution < 1.29 is 4.79 Å². The molecule has 1 aliphatic rings. The number of amides is 1. The first-order chi connectivity index (χ1) is 13.7. The van der Waals surface area contributed by atoms with Crippen LogP contribution >= 0.6 is 12.4 Å². The highest BCUT2D eigenvalue weighted by Gasteiger charge is 2.44. The zero-order valence-corrected chi connectivity index (χ0v) is 18.7. The number of hydrogen-bond acceptors (Lipinski definition) is 2. The summed E-state index contributed by atoms with van der Waals surface area (Å²) in [5.74, 6) is 0.275. The number of carbonyl (C=O) groups excluding carboxylic acids is 1. The lowest BCUT2D eigenvalue weighted by Crippen LogP contribution is -2.50. The van der Waals surface area contributed by atoms with E-state index in [0.717, 1.165) is 63.1 Å². The molecular formula is C25H35ClN2O. The summed E-state index contributed by atoms with van der Waals surface area (Å²) < 4.78 is 0. The smallest absolute Gasteiger partial charge is 0.237 e. The fraction of sp³-hybridized carbons (Fsp3) is 0.480. The Morgan fingerprint density at radius 1 is 0.862 bits per heavy atom. The van der Waals surface area contributed by atoms with Gasteiger partial charge >= 0.3 is 0 Å². The van der Waals surface area contributed by atoms with Crippen LogP contribution in [0.2, 0.25) is 0 Å². The molecule has 0 bridgehead atoms. The van der Waals surface area contributed by atoms with Gasteiger partial charge in [-0.2, -0.15) is 0 Å². The zero-order chi connectivity index (χ0) is 19.8. The summed E-state index contributed by atoms with van der Waals surface area (Å²) in [5, 5.41) is 0. The maximum Gasteiger partial charge on any atom is 0.237 e. The van der Waals surface area contributed by atoms with Crippen molar-refractivity contribution in [2.75, 3.05) is 32.7 Å². The number of hydrogen-bond donors (Lipinski definition) is 0. The van der Waals surface area contributed by atoms with Crippen molar-refractivity contribution in [3.8, 4) is 0 Å². The van der Waals surface area contributed by atoms with Crippen LogP contribution in [0.5, 0.6) is 0 Å². The number of carbonyl (C=O) groups is 1. The van der Waals surface area contributed by atoms with Crippen molar-refractivity contribution in [2.24, 2.45) is 0 Å². The summed E-state index contributed by atoms with van der Waals surface area (Å²) in [6.45, 7) is 9.08. The van der Waals surface area contributed by atoms with E-state index in [1.807, 2.05) is 12.1 Å². The van der Waals surface area contributed by atoms with E-state index < -0.39 is 5.41 Å². The average molecular weight is 415 g/mol. The van der Waals surface area contributed by atoms with Crippen molar-refractivity contribution in [3.05, 3.63) is 71.8 Å². The lowest BCUT2D eigenvalue weighted by Gasteiger charge is -2.40. The number of likely N-dealkylation sites (tertiary alicyclic amines) is 1. The molecule has 2 aromatic carbocycles. The van der Waals surface area contributed by atoms with Gasteiger partial charge in [0.25, 0.3) is 0 Å². The quantitative estimate of drug-likeness (QED) is 0.597. The van der Waals surface area contributed by atoms with Gasteiger partial charge < -0.3 is 9.80 Å². The second-order valence-corrected chi connectivity index (χ2v) is 7.77. The highest BCUT2D eigenvalue weighted by atomic mass is 35.5. The molecule has 0 N–H and O–H groups in total. The minimum Gasteiger partial charge on any atom is -0.342 e. The predicted octanol–water partition coefficient (Wildman–Crippen LogP) is 5.14. The minimum atomic E-state index is -0.623. The van der Waals surface area contributed by atoms with E-state index in [4.69, 9.17) is 0 Å². The largest absolute Gasteiger partial charge is 0.342 e. The zero-order valence-electron chi connectivity index (χ0n) is 17.8. The Morgan fingerprint density at radius 3 is 1.79 bits per heavy atom. The minimum absolute atomic E-state index is 0. The SMILES string of the molecule is CCN(CC)CCC(C(=O)N1CCCCC1)(c1ccccc1)c1ccccc1.Cl. The Morgan fingerprint density at radius 2 is 1.34 bits per heavy atom. The van der Waals surface area contributed by atoms with Crippen LogP contribution in [0, 0.1) is 0 Å². The van der Waals surface area contributed by atoms with Crippen molar-refractivity contribution in [1.82, 2.24) is 9.80 Å². The normalized spacial score (nSPS) is 14.5. The lowest BCUT2D eigenvalue weighted by atomic mass is 9.70. The van der Waals surface area contributed by atoms with Crippen LogP contribution in [-0.2, 0) is 10.2 Å². The van der Waals surface area contributed by atoms with Crippen LogP contribution in [0.4, 0.5) is 0 Å². The molecule has 29 heavy (non-hydrogen) atoms. The molecule has 2 aromatic rings. The summed E-state index contributed by atoms with van der Waals surface area (Å²) in [7, 11) is 0. The molecule has 1 saturated heterocycles. The summed E-state index contributed by atoms with van der Waals surface area (Å²) in [6, 6.07) is 20.9. The number of nitrogens with zero attached hydrogens (tertiary/aromatic N) is 2. The maximum absolute atomic E-state index is 14.1. The van der Waals surface area contributed by atoms with E-state index in [1.54, 1.807) is 0 Å². The van der Waals surface area contributed by atoms with Crippen LogP contribution < -0.4 is 0 Å². The second-order valence-electron chi connectivity index (χ2n) is 7.77. The molecule has 1 aliphatic heterocycles. The summed E-state index contributed by atoms with van der Waals surface area (Å²) in [4.78, 5) is 18.7. The highest BCUT2D eigenvalue weighted by Crippen LogP contribution is 2.38. The molecule has 0 radical (unpaired) electrons. The van der Waals surface area contributed by atoms with E-state index in [2.05, 4.69) is 72.2 Å². The third kappa shape index (κ3) is 5.21. The Balaban J connectivity index is 0.00000300. The molecule has 0 aromatic heterocycles. The molecule has 0 unspecified atom stereocenters. The van der Waals surface area contributed by atoms with Gasteiger partial charge in [-0.15, -0.1) is 12.4 Å². The van der Waals surface area contributed by atoms with Crippen molar-refractivity contribution in [1.29, 1.82) is 0 Å². The second kappa shape index (κ2) is 11.4. The third-order valence-corrected chi connectivity index (χ3v) is 6.24. The lowest BCUT2D eigenvalue weighted by molar-refractivity contribution is -0.137. The Kier molecular flexibility index (Phi) is 9.19. The molecule has 3 rings (SSSR count). The van der Waals surface area contributed by atoms with Crippen LogP contribution in [0.15, 0.2) is 60.7 Å². The van der Waals surface area contributed by atoms with Gasteiger partial charge in [-0.1, -0.05) is 74.5 Å². The van der Waals surface area contributed by atoms with Crippen molar-refractivity contribution in [3.63, 3.8) is 0 Å². The molecule has 0 saturated carbocycles. The molecule has 0 aliphatic carbocycles.